The number of nitrogens with one attached hydrogen (secondary N) is 2. The molecule has 3 rings (SSSR count). The van der Waals surface area contributed by atoms with Crippen LogP contribution < -0.4 is 5.32 Å². The maximum absolute atomic E-state index is 5.96. The summed E-state index contributed by atoms with van der Waals surface area (Å²) in [7, 11) is 0. The van der Waals surface area contributed by atoms with E-state index in [9.17, 15) is 0 Å². The Hall–Kier alpha value is -1.52. The molecule has 3 aromatic rings. The molecule has 0 aliphatic heterocycles. The van der Waals surface area contributed by atoms with E-state index in [0.29, 0.717) is 6.54 Å². The van der Waals surface area contributed by atoms with Gasteiger partial charge in [-0.25, -0.2) is 4.98 Å². The van der Waals surface area contributed by atoms with Crippen LogP contribution in [0.3, 0.4) is 0 Å². The lowest BCUT2D eigenvalue weighted by Crippen LogP contribution is -2.00. The summed E-state index contributed by atoms with van der Waals surface area (Å²) in [5, 5.41) is 4.03. The van der Waals surface area contributed by atoms with Gasteiger partial charge in [-0.1, -0.05) is 33.6 Å². The lowest BCUT2D eigenvalue weighted by molar-refractivity contribution is 1.01. The van der Waals surface area contributed by atoms with Gasteiger partial charge in [-0.3, -0.25) is 0 Å². The standard InChI is InChI=1S/C15H13BrClN3/c1-9-5-10(16)6-13-15(9)20-14(19-13)8-18-12-4-2-3-11(17)7-12/h2-7,18H,8H2,1H3,(H,19,20). The first-order valence-corrected chi connectivity index (χ1v) is 7.43. The number of aromatic nitrogens is 2. The molecule has 0 spiro atoms. The van der Waals surface area contributed by atoms with Crippen LogP contribution in [0.15, 0.2) is 40.9 Å². The maximum atomic E-state index is 5.96. The van der Waals surface area contributed by atoms with Gasteiger partial charge in [-0.15, -0.1) is 0 Å². The summed E-state index contributed by atoms with van der Waals surface area (Å²) in [4.78, 5) is 7.94. The number of aryl methyl sites for hydroxylation is 1. The first-order valence-electron chi connectivity index (χ1n) is 6.26. The van der Waals surface area contributed by atoms with Crippen LogP contribution in [0.2, 0.25) is 5.02 Å². The summed E-state index contributed by atoms with van der Waals surface area (Å²) in [6.07, 6.45) is 0. The molecule has 0 bridgehead atoms. The number of anilines is 1. The normalized spacial score (nSPS) is 10.9. The Morgan fingerprint density at radius 2 is 2.15 bits per heavy atom. The fourth-order valence-corrected chi connectivity index (χ4v) is 2.93. The molecule has 2 N–H and O–H groups in total. The molecule has 0 aliphatic rings. The van der Waals surface area contributed by atoms with Crippen molar-refractivity contribution >= 4 is 44.3 Å². The van der Waals surface area contributed by atoms with Crippen LogP contribution in [0.25, 0.3) is 11.0 Å². The second-order valence-electron chi connectivity index (χ2n) is 4.67. The van der Waals surface area contributed by atoms with E-state index in [1.165, 1.54) is 0 Å². The van der Waals surface area contributed by atoms with Gasteiger partial charge >= 0.3 is 0 Å². The molecule has 102 valence electrons. The molecule has 20 heavy (non-hydrogen) atoms. The van der Waals surface area contributed by atoms with Gasteiger partial charge < -0.3 is 10.3 Å². The number of imidazole rings is 1. The second kappa shape index (κ2) is 5.46. The third-order valence-corrected chi connectivity index (χ3v) is 3.77. The molecule has 0 radical (unpaired) electrons. The number of aromatic amines is 1. The van der Waals surface area contributed by atoms with Gasteiger partial charge in [0.1, 0.15) is 5.82 Å². The SMILES string of the molecule is Cc1cc(Br)cc2[nH]c(CNc3cccc(Cl)c3)nc12. The van der Waals surface area contributed by atoms with Crippen LogP contribution in [0.5, 0.6) is 0 Å². The van der Waals surface area contributed by atoms with E-state index in [0.717, 1.165) is 37.6 Å². The van der Waals surface area contributed by atoms with E-state index in [-0.39, 0.29) is 0 Å². The Bertz CT molecular complexity index is 767. The van der Waals surface area contributed by atoms with E-state index < -0.39 is 0 Å². The highest BCUT2D eigenvalue weighted by Gasteiger charge is 2.06. The number of hydrogen-bond acceptors (Lipinski definition) is 2. The highest BCUT2D eigenvalue weighted by molar-refractivity contribution is 9.10. The van der Waals surface area contributed by atoms with Gasteiger partial charge in [0.15, 0.2) is 0 Å². The average Bonchev–Trinajstić information content (AvgIpc) is 2.80. The van der Waals surface area contributed by atoms with Crippen LogP contribution in [-0.4, -0.2) is 9.97 Å². The fourth-order valence-electron chi connectivity index (χ4n) is 2.17. The van der Waals surface area contributed by atoms with Gasteiger partial charge in [-0.05, 0) is 42.8 Å². The summed E-state index contributed by atoms with van der Waals surface area (Å²) >= 11 is 9.46. The molecule has 0 atom stereocenters. The lowest BCUT2D eigenvalue weighted by atomic mass is 10.2. The number of halogens is 2. The van der Waals surface area contributed by atoms with Crippen molar-refractivity contribution in [2.75, 3.05) is 5.32 Å². The first kappa shape index (κ1) is 13.5. The minimum atomic E-state index is 0.631. The maximum Gasteiger partial charge on any atom is 0.126 e. The average molecular weight is 351 g/mol. The van der Waals surface area contributed by atoms with Crippen LogP contribution in [0.1, 0.15) is 11.4 Å². The number of hydrogen-bond donors (Lipinski definition) is 2. The van der Waals surface area contributed by atoms with E-state index in [2.05, 4.69) is 44.2 Å². The van der Waals surface area contributed by atoms with Crippen LogP contribution in [0, 0.1) is 6.92 Å². The van der Waals surface area contributed by atoms with Gasteiger partial charge in [0.2, 0.25) is 0 Å². The summed E-state index contributed by atoms with van der Waals surface area (Å²) in [6, 6.07) is 11.8. The highest BCUT2D eigenvalue weighted by atomic mass is 79.9. The monoisotopic (exact) mass is 349 g/mol. The number of nitrogens with zero attached hydrogens (tertiary/aromatic N) is 1. The Balaban J connectivity index is 1.83. The zero-order valence-electron chi connectivity index (χ0n) is 10.9. The van der Waals surface area contributed by atoms with Crippen molar-refractivity contribution in [3.05, 3.63) is 57.3 Å². The van der Waals surface area contributed by atoms with Crippen LogP contribution >= 0.6 is 27.5 Å². The molecule has 5 heteroatoms. The Morgan fingerprint density at radius 3 is 2.95 bits per heavy atom. The molecule has 0 saturated carbocycles. The molecule has 0 fully saturated rings. The molecule has 0 amide bonds. The predicted octanol–water partition coefficient (Wildman–Crippen LogP) is 4.90. The summed E-state index contributed by atoms with van der Waals surface area (Å²) in [6.45, 7) is 2.69. The molecule has 0 aliphatic carbocycles. The van der Waals surface area contributed by atoms with Crippen molar-refractivity contribution in [1.82, 2.24) is 9.97 Å². The smallest absolute Gasteiger partial charge is 0.126 e. The number of H-pyrrole nitrogens is 1. The van der Waals surface area contributed by atoms with E-state index in [1.54, 1.807) is 0 Å². The summed E-state index contributed by atoms with van der Waals surface area (Å²) < 4.78 is 1.06. The van der Waals surface area contributed by atoms with Crippen LogP contribution in [-0.2, 0) is 6.54 Å². The van der Waals surface area contributed by atoms with E-state index >= 15 is 0 Å². The number of rotatable bonds is 3. The second-order valence-corrected chi connectivity index (χ2v) is 6.02. The fraction of sp³-hybridized carbons (Fsp3) is 0.133. The number of fused-ring (bicyclic) bond motifs is 1. The molecule has 2 aromatic carbocycles. The third-order valence-electron chi connectivity index (χ3n) is 3.08. The van der Waals surface area contributed by atoms with E-state index in [1.807, 2.05) is 30.3 Å². The molecule has 0 saturated heterocycles. The highest BCUT2D eigenvalue weighted by Crippen LogP contribution is 2.22. The largest absolute Gasteiger partial charge is 0.378 e. The first-order chi connectivity index (χ1) is 9.61. The Morgan fingerprint density at radius 1 is 1.30 bits per heavy atom. The number of benzene rings is 2. The summed E-state index contributed by atoms with van der Waals surface area (Å²) in [5.74, 6) is 0.904. The zero-order valence-corrected chi connectivity index (χ0v) is 13.2. The minimum absolute atomic E-state index is 0.631. The van der Waals surface area contributed by atoms with Crippen molar-refractivity contribution in [2.45, 2.75) is 13.5 Å². The quantitative estimate of drug-likeness (QED) is 0.705. The van der Waals surface area contributed by atoms with Crippen molar-refractivity contribution < 1.29 is 0 Å². The van der Waals surface area contributed by atoms with Gasteiger partial charge in [0, 0.05) is 15.2 Å². The predicted molar refractivity (Wildman–Crippen MR) is 87.3 cm³/mol. The van der Waals surface area contributed by atoms with Crippen molar-refractivity contribution in [3.63, 3.8) is 0 Å². The van der Waals surface area contributed by atoms with Gasteiger partial charge in [-0.2, -0.15) is 0 Å². The molecule has 0 unspecified atom stereocenters. The lowest BCUT2D eigenvalue weighted by Gasteiger charge is -2.04. The molecule has 3 nitrogen and oxygen atoms in total. The van der Waals surface area contributed by atoms with Crippen molar-refractivity contribution in [2.24, 2.45) is 0 Å². The topological polar surface area (TPSA) is 40.7 Å². The Labute approximate surface area is 130 Å². The molecular weight excluding hydrogens is 338 g/mol. The van der Waals surface area contributed by atoms with Crippen molar-refractivity contribution in [3.8, 4) is 0 Å². The molecule has 1 heterocycles. The van der Waals surface area contributed by atoms with Gasteiger partial charge in [0.25, 0.3) is 0 Å². The van der Waals surface area contributed by atoms with Crippen molar-refractivity contribution in [1.29, 1.82) is 0 Å². The van der Waals surface area contributed by atoms with E-state index in [4.69, 9.17) is 11.6 Å². The summed E-state index contributed by atoms with van der Waals surface area (Å²) in [5.41, 5.74) is 4.19. The van der Waals surface area contributed by atoms with Crippen LogP contribution in [0.4, 0.5) is 5.69 Å². The minimum Gasteiger partial charge on any atom is -0.378 e. The molecule has 1 aromatic heterocycles. The molecular formula is C15H13BrClN3. The zero-order chi connectivity index (χ0) is 14.1. The van der Waals surface area contributed by atoms with Gasteiger partial charge in [0.05, 0.1) is 17.6 Å². The third kappa shape index (κ3) is 2.81. The Kier molecular flexibility index (Phi) is 3.68.